The van der Waals surface area contributed by atoms with Gasteiger partial charge in [0, 0.05) is 25.2 Å². The number of hydrogen-bond acceptors (Lipinski definition) is 3. The molecule has 0 atom stereocenters. The molecule has 0 aliphatic rings. The molecule has 0 saturated carbocycles. The highest BCUT2D eigenvalue weighted by molar-refractivity contribution is 7.12. The molecule has 3 nitrogen and oxygen atoms in total. The van der Waals surface area contributed by atoms with E-state index in [0.717, 1.165) is 5.69 Å². The van der Waals surface area contributed by atoms with E-state index < -0.39 is 5.97 Å². The van der Waals surface area contributed by atoms with E-state index in [4.69, 9.17) is 5.11 Å². The number of carbonyl (C=O) groups is 1. The van der Waals surface area contributed by atoms with Gasteiger partial charge < -0.3 is 10.0 Å². The molecule has 0 spiro atoms. The van der Waals surface area contributed by atoms with Crippen LogP contribution in [-0.4, -0.2) is 25.2 Å². The van der Waals surface area contributed by atoms with Crippen LogP contribution >= 0.6 is 11.3 Å². The first-order valence-corrected chi connectivity index (χ1v) is 3.98. The van der Waals surface area contributed by atoms with Crippen LogP contribution in [-0.2, 0) is 0 Å². The molecule has 0 aliphatic carbocycles. The molecule has 0 unspecified atom stereocenters. The zero-order valence-corrected chi connectivity index (χ0v) is 7.18. The number of hydrogen-bond donors (Lipinski definition) is 1. The molecule has 0 aliphatic heterocycles. The maximum Gasteiger partial charge on any atom is 0.345 e. The average Bonchev–Trinajstić information content (AvgIpc) is 2.33. The van der Waals surface area contributed by atoms with Crippen LogP contribution in [0, 0.1) is 0 Å². The summed E-state index contributed by atoms with van der Waals surface area (Å²) in [6, 6.07) is 1.66. The molecule has 4 heteroatoms. The van der Waals surface area contributed by atoms with Crippen molar-refractivity contribution in [3.63, 3.8) is 0 Å². The number of nitrogens with zero attached hydrogens (tertiary/aromatic N) is 1. The Morgan fingerprint density at radius 2 is 2.27 bits per heavy atom. The van der Waals surface area contributed by atoms with Gasteiger partial charge in [-0.2, -0.15) is 0 Å². The summed E-state index contributed by atoms with van der Waals surface area (Å²) in [4.78, 5) is 12.7. The summed E-state index contributed by atoms with van der Waals surface area (Å²) in [5, 5.41) is 10.4. The molecule has 60 valence electrons. The highest BCUT2D eigenvalue weighted by atomic mass is 32.1. The third-order valence-electron chi connectivity index (χ3n) is 1.31. The van der Waals surface area contributed by atoms with Gasteiger partial charge in [-0.3, -0.25) is 0 Å². The van der Waals surface area contributed by atoms with E-state index in [-0.39, 0.29) is 0 Å². The van der Waals surface area contributed by atoms with Gasteiger partial charge in [0.1, 0.15) is 4.88 Å². The monoisotopic (exact) mass is 171 g/mol. The first kappa shape index (κ1) is 8.07. The molecule has 0 saturated heterocycles. The minimum Gasteiger partial charge on any atom is -0.477 e. The Labute approximate surface area is 68.9 Å². The minimum atomic E-state index is -0.858. The molecular weight excluding hydrogens is 162 g/mol. The molecule has 11 heavy (non-hydrogen) atoms. The lowest BCUT2D eigenvalue weighted by Gasteiger charge is -2.07. The number of anilines is 1. The van der Waals surface area contributed by atoms with Crippen molar-refractivity contribution in [2.24, 2.45) is 0 Å². The van der Waals surface area contributed by atoms with Crippen molar-refractivity contribution < 1.29 is 9.90 Å². The number of rotatable bonds is 2. The Morgan fingerprint density at radius 1 is 1.64 bits per heavy atom. The zero-order chi connectivity index (χ0) is 8.43. The van der Waals surface area contributed by atoms with E-state index in [1.165, 1.54) is 11.3 Å². The topological polar surface area (TPSA) is 40.5 Å². The van der Waals surface area contributed by atoms with E-state index in [1.807, 2.05) is 24.4 Å². The molecule has 0 bridgehead atoms. The zero-order valence-electron chi connectivity index (χ0n) is 6.37. The van der Waals surface area contributed by atoms with E-state index in [2.05, 4.69) is 0 Å². The number of carboxylic acids is 1. The van der Waals surface area contributed by atoms with Crippen LogP contribution in [0.2, 0.25) is 0 Å². The van der Waals surface area contributed by atoms with E-state index in [1.54, 1.807) is 6.07 Å². The predicted octanol–water partition coefficient (Wildman–Crippen LogP) is 1.51. The van der Waals surface area contributed by atoms with Gasteiger partial charge in [-0.25, -0.2) is 4.79 Å². The van der Waals surface area contributed by atoms with Gasteiger partial charge >= 0.3 is 5.97 Å². The van der Waals surface area contributed by atoms with Crippen molar-refractivity contribution in [2.45, 2.75) is 0 Å². The number of thiophene rings is 1. The predicted molar refractivity (Wildman–Crippen MR) is 45.6 cm³/mol. The summed E-state index contributed by atoms with van der Waals surface area (Å²) >= 11 is 1.24. The fourth-order valence-electron chi connectivity index (χ4n) is 0.673. The summed E-state index contributed by atoms with van der Waals surface area (Å²) < 4.78 is 0. The van der Waals surface area contributed by atoms with Crippen LogP contribution in [0.3, 0.4) is 0 Å². The first-order valence-electron chi connectivity index (χ1n) is 3.10. The Morgan fingerprint density at radius 3 is 2.55 bits per heavy atom. The fourth-order valence-corrected chi connectivity index (χ4v) is 1.49. The lowest BCUT2D eigenvalue weighted by molar-refractivity contribution is 0.0702. The van der Waals surface area contributed by atoms with Gasteiger partial charge in [-0.1, -0.05) is 0 Å². The smallest absolute Gasteiger partial charge is 0.345 e. The molecule has 0 radical (unpaired) electrons. The van der Waals surface area contributed by atoms with Crippen LogP contribution in [0.1, 0.15) is 9.67 Å². The summed E-state index contributed by atoms with van der Waals surface area (Å²) in [6.45, 7) is 0. The van der Waals surface area contributed by atoms with Crippen molar-refractivity contribution in [2.75, 3.05) is 19.0 Å². The molecule has 1 rings (SSSR count). The molecule has 0 aromatic carbocycles. The molecule has 1 heterocycles. The van der Waals surface area contributed by atoms with E-state index in [0.29, 0.717) is 4.88 Å². The fraction of sp³-hybridized carbons (Fsp3) is 0.286. The van der Waals surface area contributed by atoms with Gasteiger partial charge in [-0.05, 0) is 6.07 Å². The van der Waals surface area contributed by atoms with Crippen molar-refractivity contribution >= 4 is 23.0 Å². The maximum absolute atomic E-state index is 10.4. The van der Waals surface area contributed by atoms with Gasteiger partial charge in [0.05, 0.1) is 0 Å². The van der Waals surface area contributed by atoms with Crippen LogP contribution in [0.15, 0.2) is 11.4 Å². The van der Waals surface area contributed by atoms with Crippen molar-refractivity contribution in [1.82, 2.24) is 0 Å². The molecule has 1 aromatic heterocycles. The first-order chi connectivity index (χ1) is 5.11. The van der Waals surface area contributed by atoms with E-state index >= 15 is 0 Å². The third-order valence-corrected chi connectivity index (χ3v) is 2.22. The van der Waals surface area contributed by atoms with Gasteiger partial charge in [-0.15, -0.1) is 11.3 Å². The van der Waals surface area contributed by atoms with Crippen molar-refractivity contribution in [3.8, 4) is 0 Å². The second kappa shape index (κ2) is 2.92. The average molecular weight is 171 g/mol. The third kappa shape index (κ3) is 1.71. The van der Waals surface area contributed by atoms with Crippen LogP contribution in [0.25, 0.3) is 0 Å². The van der Waals surface area contributed by atoms with Crippen LogP contribution < -0.4 is 4.90 Å². The van der Waals surface area contributed by atoms with Crippen LogP contribution in [0.4, 0.5) is 5.69 Å². The summed E-state index contributed by atoms with van der Waals surface area (Å²) in [5.74, 6) is -0.858. The standard InChI is InChI=1S/C7H9NO2S/c1-8(2)5-3-6(7(9)10)11-4-5/h3-4H,1-2H3,(H,9,10). The van der Waals surface area contributed by atoms with Gasteiger partial charge in [0.25, 0.3) is 0 Å². The normalized spacial score (nSPS) is 9.64. The van der Waals surface area contributed by atoms with Crippen molar-refractivity contribution in [3.05, 3.63) is 16.3 Å². The lowest BCUT2D eigenvalue weighted by atomic mass is 10.4. The van der Waals surface area contributed by atoms with Crippen LogP contribution in [0.5, 0.6) is 0 Å². The van der Waals surface area contributed by atoms with Gasteiger partial charge in [0.15, 0.2) is 0 Å². The second-order valence-electron chi connectivity index (χ2n) is 2.37. The number of carboxylic acid groups (broad SMARTS) is 1. The summed E-state index contributed by atoms with van der Waals surface area (Å²) in [5.41, 5.74) is 0.937. The SMILES string of the molecule is CN(C)c1csc(C(=O)O)c1. The Bertz CT molecular complexity index is 267. The molecule has 0 amide bonds. The summed E-state index contributed by atoms with van der Waals surface area (Å²) in [7, 11) is 3.77. The maximum atomic E-state index is 10.4. The molecule has 0 fully saturated rings. The van der Waals surface area contributed by atoms with Gasteiger partial charge in [0.2, 0.25) is 0 Å². The lowest BCUT2D eigenvalue weighted by Crippen LogP contribution is -2.07. The molecule has 1 N–H and O–H groups in total. The largest absolute Gasteiger partial charge is 0.477 e. The van der Waals surface area contributed by atoms with Crippen molar-refractivity contribution in [1.29, 1.82) is 0 Å². The number of aromatic carboxylic acids is 1. The molecule has 1 aromatic rings. The Balaban J connectivity index is 2.90. The Kier molecular flexibility index (Phi) is 2.14. The second-order valence-corrected chi connectivity index (χ2v) is 3.28. The molecular formula is C7H9NO2S. The minimum absolute atomic E-state index is 0.383. The van der Waals surface area contributed by atoms with E-state index in [9.17, 15) is 4.79 Å². The summed E-state index contributed by atoms with van der Waals surface area (Å²) in [6.07, 6.45) is 0. The Hall–Kier alpha value is -1.03. The highest BCUT2D eigenvalue weighted by Gasteiger charge is 2.06. The quantitative estimate of drug-likeness (QED) is 0.733. The highest BCUT2D eigenvalue weighted by Crippen LogP contribution is 2.20.